The van der Waals surface area contributed by atoms with Gasteiger partial charge in [0.15, 0.2) is 28.4 Å². The summed E-state index contributed by atoms with van der Waals surface area (Å²) in [4.78, 5) is 12.8. The third kappa shape index (κ3) is 3.98. The third-order valence-electron chi connectivity index (χ3n) is 5.59. The van der Waals surface area contributed by atoms with E-state index in [1.807, 2.05) is 0 Å². The van der Waals surface area contributed by atoms with E-state index < -0.39 is 22.3 Å². The van der Waals surface area contributed by atoms with E-state index >= 15 is 0 Å². The van der Waals surface area contributed by atoms with Gasteiger partial charge >= 0.3 is 0 Å². The lowest BCUT2D eigenvalue weighted by Gasteiger charge is -2.22. The van der Waals surface area contributed by atoms with Gasteiger partial charge in [-0.1, -0.05) is 19.3 Å². The summed E-state index contributed by atoms with van der Waals surface area (Å²) in [5.41, 5.74) is 0.744. The van der Waals surface area contributed by atoms with Crippen LogP contribution in [0.4, 0.5) is 5.69 Å². The number of anilines is 1. The van der Waals surface area contributed by atoms with Crippen LogP contribution in [0, 0.1) is 0 Å². The molecule has 31 heavy (non-hydrogen) atoms. The summed E-state index contributed by atoms with van der Waals surface area (Å²) in [6, 6.07) is 10.1. The van der Waals surface area contributed by atoms with Gasteiger partial charge in [-0.15, -0.1) is 0 Å². The number of benzene rings is 2. The minimum absolute atomic E-state index is 0.0547. The molecule has 162 valence electrons. The van der Waals surface area contributed by atoms with E-state index in [4.69, 9.17) is 13.9 Å². The summed E-state index contributed by atoms with van der Waals surface area (Å²) in [6.45, 7) is 0.124. The Morgan fingerprint density at radius 2 is 1.81 bits per heavy atom. The van der Waals surface area contributed by atoms with Gasteiger partial charge in [0.2, 0.25) is 18.0 Å². The lowest BCUT2D eigenvalue weighted by Crippen LogP contribution is -2.35. The molecule has 1 saturated carbocycles. The molecule has 0 radical (unpaired) electrons. The number of ether oxygens (including phenoxy) is 2. The Morgan fingerprint density at radius 1 is 1.00 bits per heavy atom. The Bertz CT molecular complexity index is 1220. The van der Waals surface area contributed by atoms with Gasteiger partial charge in [0.25, 0.3) is 0 Å². The highest BCUT2D eigenvalue weighted by atomic mass is 32.2. The van der Waals surface area contributed by atoms with Crippen molar-refractivity contribution in [1.82, 2.24) is 4.72 Å². The fraction of sp³-hybridized carbons (Fsp3) is 0.318. The van der Waals surface area contributed by atoms with Gasteiger partial charge < -0.3 is 19.0 Å². The number of rotatable bonds is 5. The number of hydrogen-bond donors (Lipinski definition) is 3. The van der Waals surface area contributed by atoms with Crippen molar-refractivity contribution in [2.75, 3.05) is 11.5 Å². The summed E-state index contributed by atoms with van der Waals surface area (Å²) in [5, 5.41) is 10.7. The van der Waals surface area contributed by atoms with Crippen LogP contribution in [0.3, 0.4) is 0 Å². The molecule has 0 amide bonds. The topological polar surface area (TPSA) is 110 Å². The first-order valence-electron chi connectivity index (χ1n) is 10.2. The van der Waals surface area contributed by atoms with Crippen LogP contribution in [0.25, 0.3) is 22.3 Å². The molecular formula is C22H22N2O6S. The smallest absolute Gasteiger partial charge is 0.235 e. The van der Waals surface area contributed by atoms with Crippen molar-refractivity contribution in [1.29, 1.82) is 0 Å². The van der Waals surface area contributed by atoms with E-state index in [1.54, 1.807) is 30.3 Å². The van der Waals surface area contributed by atoms with Crippen molar-refractivity contribution < 1.29 is 23.2 Å². The molecule has 2 aliphatic rings. The quantitative estimate of drug-likeness (QED) is 0.554. The zero-order valence-electron chi connectivity index (χ0n) is 16.7. The highest BCUT2D eigenvalue weighted by molar-refractivity contribution is 7.84. The summed E-state index contributed by atoms with van der Waals surface area (Å²) < 4.78 is 34.9. The molecule has 3 N–H and O–H groups in total. The SMILES string of the molecule is O=c1c(O)c(-c2ccc3c(c2)OCO3)oc2ccc(NS(=O)NC3CCCCC3)cc12. The molecule has 1 aliphatic heterocycles. The number of fused-ring (bicyclic) bond motifs is 2. The van der Waals surface area contributed by atoms with Crippen LogP contribution in [-0.2, 0) is 11.2 Å². The van der Waals surface area contributed by atoms with Crippen LogP contribution in [0.2, 0.25) is 0 Å². The summed E-state index contributed by atoms with van der Waals surface area (Å²) >= 11 is -1.48. The summed E-state index contributed by atoms with van der Waals surface area (Å²) in [7, 11) is 0. The summed E-state index contributed by atoms with van der Waals surface area (Å²) in [5.74, 6) is 0.674. The van der Waals surface area contributed by atoms with E-state index in [0.717, 1.165) is 25.7 Å². The first-order chi connectivity index (χ1) is 15.1. The van der Waals surface area contributed by atoms with Crippen LogP contribution < -0.4 is 24.3 Å². The maximum atomic E-state index is 12.8. The van der Waals surface area contributed by atoms with Gasteiger partial charge in [0.1, 0.15) is 5.58 Å². The van der Waals surface area contributed by atoms with Crippen LogP contribution in [0.15, 0.2) is 45.6 Å². The zero-order valence-corrected chi connectivity index (χ0v) is 17.5. The second-order valence-electron chi connectivity index (χ2n) is 7.71. The van der Waals surface area contributed by atoms with Crippen molar-refractivity contribution in [3.05, 3.63) is 46.6 Å². The molecule has 1 fully saturated rings. The van der Waals surface area contributed by atoms with E-state index in [0.29, 0.717) is 28.3 Å². The van der Waals surface area contributed by atoms with Gasteiger partial charge in [-0.3, -0.25) is 9.52 Å². The van der Waals surface area contributed by atoms with Crippen LogP contribution in [-0.4, -0.2) is 22.2 Å². The molecule has 0 spiro atoms. The average molecular weight is 442 g/mol. The highest BCUT2D eigenvalue weighted by Crippen LogP contribution is 2.38. The molecule has 5 rings (SSSR count). The fourth-order valence-corrected chi connectivity index (χ4v) is 4.93. The molecule has 1 unspecified atom stereocenters. The van der Waals surface area contributed by atoms with Crippen LogP contribution >= 0.6 is 0 Å². The van der Waals surface area contributed by atoms with Crippen molar-refractivity contribution in [3.63, 3.8) is 0 Å². The van der Waals surface area contributed by atoms with E-state index in [-0.39, 0.29) is 24.0 Å². The molecule has 0 bridgehead atoms. The minimum atomic E-state index is -1.48. The molecule has 3 aromatic rings. The Hall–Kier alpha value is -3.04. The first kappa shape index (κ1) is 19.9. The lowest BCUT2D eigenvalue weighted by atomic mass is 9.96. The van der Waals surface area contributed by atoms with E-state index in [9.17, 15) is 14.1 Å². The van der Waals surface area contributed by atoms with Gasteiger partial charge in [-0.2, -0.15) is 0 Å². The molecule has 9 heteroatoms. The monoisotopic (exact) mass is 442 g/mol. The molecular weight excluding hydrogens is 420 g/mol. The molecule has 1 atom stereocenters. The maximum absolute atomic E-state index is 12.8. The average Bonchev–Trinajstić information content (AvgIpc) is 3.25. The number of aromatic hydroxyl groups is 1. The van der Waals surface area contributed by atoms with Gasteiger partial charge in [-0.05, 0) is 49.2 Å². The van der Waals surface area contributed by atoms with Gasteiger partial charge in [-0.25, -0.2) is 8.93 Å². The lowest BCUT2D eigenvalue weighted by molar-refractivity contribution is 0.174. The number of nitrogens with one attached hydrogen (secondary N) is 2. The Balaban J connectivity index is 1.42. The molecule has 8 nitrogen and oxygen atoms in total. The summed E-state index contributed by atoms with van der Waals surface area (Å²) in [6.07, 6.45) is 5.50. The third-order valence-corrected chi connectivity index (χ3v) is 6.56. The molecule has 0 saturated heterocycles. The van der Waals surface area contributed by atoms with Crippen LogP contribution in [0.1, 0.15) is 32.1 Å². The standard InChI is InChI=1S/C22H22N2O6S/c25-20-16-11-15(24-31(27)23-14-4-2-1-3-5-14)7-9-17(16)30-22(21(20)26)13-6-8-18-19(10-13)29-12-28-18/h6-11,14,23-24,26H,1-5,12H2. The minimum Gasteiger partial charge on any atom is -0.502 e. The van der Waals surface area contributed by atoms with E-state index in [1.165, 1.54) is 12.5 Å². The highest BCUT2D eigenvalue weighted by Gasteiger charge is 2.20. The van der Waals surface area contributed by atoms with Crippen molar-refractivity contribution in [3.8, 4) is 28.6 Å². The van der Waals surface area contributed by atoms with Crippen LogP contribution in [0.5, 0.6) is 17.2 Å². The predicted molar refractivity (Wildman–Crippen MR) is 117 cm³/mol. The van der Waals surface area contributed by atoms with Gasteiger partial charge in [0.05, 0.1) is 5.39 Å². The fourth-order valence-electron chi connectivity index (χ4n) is 3.99. The van der Waals surface area contributed by atoms with Crippen molar-refractivity contribution in [2.24, 2.45) is 0 Å². The number of hydrogen-bond acceptors (Lipinski definition) is 6. The zero-order chi connectivity index (χ0) is 21.4. The first-order valence-corrected chi connectivity index (χ1v) is 11.4. The largest absolute Gasteiger partial charge is 0.502 e. The molecule has 2 aromatic carbocycles. The van der Waals surface area contributed by atoms with E-state index in [2.05, 4.69) is 9.44 Å². The Morgan fingerprint density at radius 3 is 2.65 bits per heavy atom. The molecule has 1 aromatic heterocycles. The second kappa shape index (κ2) is 8.24. The predicted octanol–water partition coefficient (Wildman–Crippen LogP) is 3.81. The maximum Gasteiger partial charge on any atom is 0.235 e. The van der Waals surface area contributed by atoms with Crippen molar-refractivity contribution >= 4 is 27.8 Å². The van der Waals surface area contributed by atoms with Crippen molar-refractivity contribution in [2.45, 2.75) is 38.1 Å². The Labute approximate surface area is 180 Å². The molecule has 2 heterocycles. The molecule has 1 aliphatic carbocycles. The Kier molecular flexibility index (Phi) is 5.29. The second-order valence-corrected chi connectivity index (χ2v) is 8.69. The van der Waals surface area contributed by atoms with Gasteiger partial charge in [0, 0.05) is 17.3 Å². The normalized spacial score (nSPS) is 17.0.